The van der Waals surface area contributed by atoms with Crippen LogP contribution in [0.5, 0.6) is 0 Å². The van der Waals surface area contributed by atoms with Crippen molar-refractivity contribution in [2.45, 2.75) is 26.4 Å². The summed E-state index contributed by atoms with van der Waals surface area (Å²) in [6.45, 7) is 4.70. The van der Waals surface area contributed by atoms with Gasteiger partial charge in [-0.25, -0.2) is 9.18 Å². The monoisotopic (exact) mass is 205 g/mol. The van der Waals surface area contributed by atoms with E-state index in [2.05, 4.69) is 5.32 Å². The molecule has 0 aromatic heterocycles. The average molecular weight is 205 g/mol. The Balaban J connectivity index is 3.86. The third kappa shape index (κ3) is 6.42. The number of hydrogen-bond acceptors (Lipinski definition) is 3. The van der Waals surface area contributed by atoms with Crippen LogP contribution in [0.4, 0.5) is 9.18 Å². The molecule has 0 radical (unpaired) electrons. The van der Waals surface area contributed by atoms with Crippen molar-refractivity contribution in [3.8, 4) is 0 Å². The summed E-state index contributed by atoms with van der Waals surface area (Å²) >= 11 is 0. The molecule has 0 saturated heterocycles. The Hall–Kier alpha value is -1.10. The van der Waals surface area contributed by atoms with E-state index < -0.39 is 18.3 Å². The van der Waals surface area contributed by atoms with Gasteiger partial charge in [0, 0.05) is 12.1 Å². The number of rotatable bonds is 3. The summed E-state index contributed by atoms with van der Waals surface area (Å²) in [5.74, 6) is 0. The summed E-state index contributed by atoms with van der Waals surface area (Å²) in [5.41, 5.74) is -0.487. The van der Waals surface area contributed by atoms with E-state index in [0.717, 1.165) is 0 Å². The Bertz CT molecular complexity index is 221. The largest absolute Gasteiger partial charge is 0.444 e. The van der Waals surface area contributed by atoms with Crippen LogP contribution in [0, 0.1) is 0 Å². The van der Waals surface area contributed by atoms with Crippen LogP contribution >= 0.6 is 0 Å². The summed E-state index contributed by atoms with van der Waals surface area (Å²) < 4.78 is 16.8. The maximum atomic E-state index is 11.9. The van der Waals surface area contributed by atoms with Crippen LogP contribution in [-0.2, 0) is 4.74 Å². The molecule has 0 saturated carbocycles. The Morgan fingerprint density at radius 2 is 2.14 bits per heavy atom. The number of ether oxygens (including phenoxy) is 1. The van der Waals surface area contributed by atoms with Gasteiger partial charge >= 0.3 is 6.09 Å². The zero-order valence-electron chi connectivity index (χ0n) is 8.63. The minimum atomic E-state index is -0.634. The summed E-state index contributed by atoms with van der Waals surface area (Å²) in [6.07, 6.45) is -0.373. The Morgan fingerprint density at radius 1 is 1.57 bits per heavy atom. The van der Waals surface area contributed by atoms with Crippen molar-refractivity contribution in [2.75, 3.05) is 13.2 Å². The molecule has 0 atom stereocenters. The number of carbonyl (C=O) groups is 1. The van der Waals surface area contributed by atoms with Crippen LogP contribution in [-0.4, -0.2) is 30.0 Å². The van der Waals surface area contributed by atoms with Crippen molar-refractivity contribution in [1.29, 1.82) is 0 Å². The first-order valence-corrected chi connectivity index (χ1v) is 4.25. The van der Waals surface area contributed by atoms with E-state index in [9.17, 15) is 9.18 Å². The number of halogens is 1. The van der Waals surface area contributed by atoms with Crippen LogP contribution in [0.15, 0.2) is 11.9 Å². The van der Waals surface area contributed by atoms with Gasteiger partial charge in [-0.2, -0.15) is 0 Å². The van der Waals surface area contributed by atoms with Gasteiger partial charge in [-0.1, -0.05) is 0 Å². The van der Waals surface area contributed by atoms with Crippen molar-refractivity contribution in [3.63, 3.8) is 0 Å². The number of alkyl carbamates (subject to hydrolysis) is 1. The minimum Gasteiger partial charge on any atom is -0.444 e. The first-order valence-electron chi connectivity index (χ1n) is 4.25. The molecule has 14 heavy (non-hydrogen) atoms. The van der Waals surface area contributed by atoms with E-state index in [1.807, 2.05) is 0 Å². The number of hydrogen-bond donors (Lipinski definition) is 2. The zero-order chi connectivity index (χ0) is 11.2. The molecule has 0 rings (SSSR count). The maximum Gasteiger partial charge on any atom is 0.407 e. The molecule has 4 nitrogen and oxygen atoms in total. The lowest BCUT2D eigenvalue weighted by molar-refractivity contribution is 0.0531. The highest BCUT2D eigenvalue weighted by Crippen LogP contribution is 2.06. The average Bonchev–Trinajstić information content (AvgIpc) is 2.03. The molecule has 0 heterocycles. The number of amides is 1. The summed E-state index contributed by atoms with van der Waals surface area (Å²) in [6, 6.07) is 0. The van der Waals surface area contributed by atoms with Crippen molar-refractivity contribution in [1.82, 2.24) is 5.32 Å². The first kappa shape index (κ1) is 12.9. The fourth-order valence-corrected chi connectivity index (χ4v) is 0.629. The van der Waals surface area contributed by atoms with Gasteiger partial charge in [0.1, 0.15) is 5.60 Å². The number of aliphatic hydroxyl groups excluding tert-OH is 1. The molecular formula is C9H16FNO3. The molecule has 5 heteroatoms. The highest BCUT2D eigenvalue weighted by molar-refractivity contribution is 5.68. The highest BCUT2D eigenvalue weighted by Gasteiger charge is 2.15. The molecule has 0 aliphatic rings. The molecule has 0 spiro atoms. The highest BCUT2D eigenvalue weighted by atomic mass is 19.1. The van der Waals surface area contributed by atoms with Gasteiger partial charge in [-0.05, 0) is 20.8 Å². The van der Waals surface area contributed by atoms with Crippen LogP contribution in [0.2, 0.25) is 0 Å². The molecule has 0 aliphatic carbocycles. The fraction of sp³-hybridized carbons (Fsp3) is 0.667. The lowest BCUT2D eigenvalue weighted by Crippen LogP contribution is -2.33. The van der Waals surface area contributed by atoms with E-state index >= 15 is 0 Å². The van der Waals surface area contributed by atoms with Crippen LogP contribution < -0.4 is 5.32 Å². The number of nitrogens with one attached hydrogen (secondary N) is 1. The smallest absolute Gasteiger partial charge is 0.407 e. The lowest BCUT2D eigenvalue weighted by atomic mass is 10.2. The van der Waals surface area contributed by atoms with Crippen molar-refractivity contribution < 1.29 is 19.0 Å². The Morgan fingerprint density at radius 3 is 2.50 bits per heavy atom. The number of carbonyl (C=O) groups excluding carboxylic acids is 1. The maximum absolute atomic E-state index is 11.9. The van der Waals surface area contributed by atoms with Gasteiger partial charge in [0.15, 0.2) is 0 Å². The second-order valence-corrected chi connectivity index (χ2v) is 3.78. The molecule has 1 amide bonds. The molecule has 82 valence electrons. The van der Waals surface area contributed by atoms with Crippen LogP contribution in [0.3, 0.4) is 0 Å². The fourth-order valence-electron chi connectivity index (χ4n) is 0.629. The van der Waals surface area contributed by atoms with Gasteiger partial charge in [0.2, 0.25) is 0 Å². The van der Waals surface area contributed by atoms with E-state index in [1.165, 1.54) is 0 Å². The van der Waals surface area contributed by atoms with Crippen LogP contribution in [0.1, 0.15) is 20.8 Å². The van der Waals surface area contributed by atoms with Gasteiger partial charge in [0.25, 0.3) is 0 Å². The molecule has 0 fully saturated rings. The normalized spacial score (nSPS) is 12.5. The minimum absolute atomic E-state index is 0.0537. The van der Waals surface area contributed by atoms with Crippen molar-refractivity contribution in [3.05, 3.63) is 11.9 Å². The summed E-state index contributed by atoms with van der Waals surface area (Å²) in [7, 11) is 0. The Labute approximate surface area is 82.8 Å². The van der Waals surface area contributed by atoms with Crippen molar-refractivity contribution >= 4 is 6.09 Å². The third-order valence-electron chi connectivity index (χ3n) is 1.22. The second kappa shape index (κ2) is 5.59. The third-order valence-corrected chi connectivity index (χ3v) is 1.22. The quantitative estimate of drug-likeness (QED) is 0.731. The first-order chi connectivity index (χ1) is 6.39. The SMILES string of the molecule is CC(C)(C)OC(=O)NC/C(=C/F)CO. The van der Waals surface area contributed by atoms with E-state index in [0.29, 0.717) is 0 Å². The van der Waals surface area contributed by atoms with Crippen LogP contribution in [0.25, 0.3) is 0 Å². The molecule has 0 aromatic rings. The van der Waals surface area contributed by atoms with E-state index in [-0.39, 0.29) is 18.4 Å². The van der Waals surface area contributed by atoms with Gasteiger partial charge in [-0.15, -0.1) is 0 Å². The van der Waals surface area contributed by atoms with Gasteiger partial charge < -0.3 is 15.2 Å². The molecule has 2 N–H and O–H groups in total. The Kier molecular flexibility index (Phi) is 5.15. The lowest BCUT2D eigenvalue weighted by Gasteiger charge is -2.19. The predicted octanol–water partition coefficient (Wildman–Crippen LogP) is 1.36. The zero-order valence-corrected chi connectivity index (χ0v) is 8.63. The predicted molar refractivity (Wildman–Crippen MR) is 50.5 cm³/mol. The van der Waals surface area contributed by atoms with Gasteiger partial charge in [0.05, 0.1) is 12.9 Å². The topological polar surface area (TPSA) is 58.6 Å². The summed E-state index contributed by atoms with van der Waals surface area (Å²) in [4.78, 5) is 11.0. The van der Waals surface area contributed by atoms with E-state index in [1.54, 1.807) is 20.8 Å². The molecule has 0 aliphatic heterocycles. The second-order valence-electron chi connectivity index (χ2n) is 3.78. The van der Waals surface area contributed by atoms with Crippen molar-refractivity contribution in [2.24, 2.45) is 0 Å². The summed E-state index contributed by atoms with van der Waals surface area (Å²) in [5, 5.41) is 10.9. The number of aliphatic hydroxyl groups is 1. The molecule has 0 bridgehead atoms. The molecule has 0 unspecified atom stereocenters. The molecular weight excluding hydrogens is 189 g/mol. The van der Waals surface area contributed by atoms with E-state index in [4.69, 9.17) is 9.84 Å². The standard InChI is InChI=1S/C9H16FNO3/c1-9(2,3)14-8(13)11-5-7(4-10)6-12/h4,12H,5-6H2,1-3H3,(H,11,13)/b7-4-. The molecule has 0 aromatic carbocycles. The van der Waals surface area contributed by atoms with Gasteiger partial charge in [-0.3, -0.25) is 0 Å².